The second-order valence-electron chi connectivity index (χ2n) is 6.85. The summed E-state index contributed by atoms with van der Waals surface area (Å²) >= 11 is 0. The average Bonchev–Trinajstić information content (AvgIpc) is 2.48. The first-order chi connectivity index (χ1) is 10.1. The van der Waals surface area contributed by atoms with Crippen LogP contribution in [0.2, 0.25) is 0 Å². The normalized spacial score (nSPS) is 25.3. The van der Waals surface area contributed by atoms with Crippen molar-refractivity contribution in [3.8, 4) is 0 Å². The maximum atomic E-state index is 12.8. The van der Waals surface area contributed by atoms with Crippen molar-refractivity contribution in [3.63, 3.8) is 0 Å². The summed E-state index contributed by atoms with van der Waals surface area (Å²) in [7, 11) is -3.08. The second-order valence-corrected chi connectivity index (χ2v) is 8.87. The van der Waals surface area contributed by atoms with E-state index in [4.69, 9.17) is 0 Å². The van der Waals surface area contributed by atoms with Crippen LogP contribution in [-0.4, -0.2) is 44.7 Å². The highest BCUT2D eigenvalue weighted by Crippen LogP contribution is 2.26. The van der Waals surface area contributed by atoms with E-state index in [1.807, 2.05) is 0 Å². The van der Waals surface area contributed by atoms with Crippen molar-refractivity contribution in [2.45, 2.75) is 58.3 Å². The smallest absolute Gasteiger partial charge is 0.214 e. The Bertz CT molecular complexity index is 385. The minimum atomic E-state index is -3.08. The molecule has 1 aliphatic carbocycles. The molecule has 0 aromatic rings. The van der Waals surface area contributed by atoms with Gasteiger partial charge in [0.2, 0.25) is 10.0 Å². The molecule has 0 aromatic heterocycles. The van der Waals surface area contributed by atoms with Crippen molar-refractivity contribution in [1.29, 1.82) is 0 Å². The number of nitrogens with one attached hydrogen (secondary N) is 1. The summed E-state index contributed by atoms with van der Waals surface area (Å²) in [5.74, 6) is 1.27. The fourth-order valence-corrected chi connectivity index (χ4v) is 5.76. The molecule has 21 heavy (non-hydrogen) atoms. The Kier molecular flexibility index (Phi) is 6.96. The molecule has 0 amide bonds. The van der Waals surface area contributed by atoms with Crippen LogP contribution in [0.15, 0.2) is 0 Å². The molecule has 1 saturated heterocycles. The molecule has 0 bridgehead atoms. The van der Waals surface area contributed by atoms with Crippen LogP contribution in [0.3, 0.4) is 0 Å². The summed E-state index contributed by atoms with van der Waals surface area (Å²) < 4.78 is 27.3. The van der Waals surface area contributed by atoms with Gasteiger partial charge in [0.15, 0.2) is 0 Å². The minimum absolute atomic E-state index is 0.382. The van der Waals surface area contributed by atoms with Gasteiger partial charge in [0.05, 0.1) is 5.75 Å². The number of piperidine rings is 1. The lowest BCUT2D eigenvalue weighted by molar-refractivity contribution is 0.288. The Morgan fingerprint density at radius 3 is 2.38 bits per heavy atom. The fourth-order valence-electron chi connectivity index (χ4n) is 3.72. The van der Waals surface area contributed by atoms with Gasteiger partial charge in [0, 0.05) is 13.1 Å². The maximum absolute atomic E-state index is 12.8. The highest BCUT2D eigenvalue weighted by Gasteiger charge is 2.29. The van der Waals surface area contributed by atoms with E-state index in [1.165, 1.54) is 25.7 Å². The molecule has 4 nitrogen and oxygen atoms in total. The van der Waals surface area contributed by atoms with E-state index in [-0.39, 0.29) is 0 Å². The van der Waals surface area contributed by atoms with Crippen LogP contribution in [-0.2, 0) is 10.0 Å². The largest absolute Gasteiger partial charge is 0.316 e. The van der Waals surface area contributed by atoms with Crippen molar-refractivity contribution in [3.05, 3.63) is 0 Å². The molecular formula is C16H32N2O2S. The molecule has 1 heterocycles. The summed E-state index contributed by atoms with van der Waals surface area (Å²) in [6, 6.07) is 0. The van der Waals surface area contributed by atoms with Gasteiger partial charge >= 0.3 is 0 Å². The zero-order valence-electron chi connectivity index (χ0n) is 13.5. The van der Waals surface area contributed by atoms with E-state index in [1.54, 1.807) is 4.31 Å². The summed E-state index contributed by atoms with van der Waals surface area (Å²) in [5, 5.41) is 3.39. The summed E-state index contributed by atoms with van der Waals surface area (Å²) in [6.07, 6.45) is 9.14. The summed E-state index contributed by atoms with van der Waals surface area (Å²) in [5.41, 5.74) is 0. The van der Waals surface area contributed by atoms with E-state index in [9.17, 15) is 8.42 Å². The number of hydrogen-bond donors (Lipinski definition) is 1. The summed E-state index contributed by atoms with van der Waals surface area (Å²) in [6.45, 7) is 5.53. The number of rotatable bonds is 7. The molecule has 124 valence electrons. The quantitative estimate of drug-likeness (QED) is 0.785. The number of hydrogen-bond acceptors (Lipinski definition) is 3. The molecule has 1 aliphatic heterocycles. The molecule has 2 aliphatic rings. The van der Waals surface area contributed by atoms with Crippen LogP contribution in [0.1, 0.15) is 58.3 Å². The third-order valence-electron chi connectivity index (χ3n) is 4.90. The van der Waals surface area contributed by atoms with Gasteiger partial charge in [0.25, 0.3) is 0 Å². The van der Waals surface area contributed by atoms with Gasteiger partial charge in [-0.2, -0.15) is 0 Å². The van der Waals surface area contributed by atoms with Crippen LogP contribution >= 0.6 is 0 Å². The minimum Gasteiger partial charge on any atom is -0.316 e. The van der Waals surface area contributed by atoms with E-state index in [0.29, 0.717) is 24.1 Å². The van der Waals surface area contributed by atoms with Gasteiger partial charge in [-0.1, -0.05) is 26.2 Å². The first kappa shape index (κ1) is 17.2. The molecule has 2 fully saturated rings. The van der Waals surface area contributed by atoms with Gasteiger partial charge < -0.3 is 5.32 Å². The topological polar surface area (TPSA) is 49.4 Å². The Balaban J connectivity index is 1.93. The third-order valence-corrected chi connectivity index (χ3v) is 6.91. The molecule has 1 saturated carbocycles. The van der Waals surface area contributed by atoms with E-state index in [0.717, 1.165) is 45.3 Å². The first-order valence-corrected chi connectivity index (χ1v) is 10.4. The van der Waals surface area contributed by atoms with Gasteiger partial charge in [-0.15, -0.1) is 0 Å². The van der Waals surface area contributed by atoms with Gasteiger partial charge in [-0.05, 0) is 57.0 Å². The molecule has 0 spiro atoms. The lowest BCUT2D eigenvalue weighted by atomic mass is 9.91. The molecule has 0 aromatic carbocycles. The fraction of sp³-hybridized carbons (Fsp3) is 1.00. The van der Waals surface area contributed by atoms with E-state index in [2.05, 4.69) is 12.2 Å². The van der Waals surface area contributed by atoms with E-state index < -0.39 is 10.0 Å². The zero-order chi connectivity index (χ0) is 15.1. The average molecular weight is 317 g/mol. The second kappa shape index (κ2) is 8.49. The van der Waals surface area contributed by atoms with Gasteiger partial charge in [-0.25, -0.2) is 12.7 Å². The Hall–Kier alpha value is -0.130. The van der Waals surface area contributed by atoms with Crippen LogP contribution in [0, 0.1) is 11.8 Å². The van der Waals surface area contributed by atoms with Gasteiger partial charge in [-0.3, -0.25) is 0 Å². The molecular weight excluding hydrogens is 284 g/mol. The third kappa shape index (κ3) is 5.53. The Labute approximate surface area is 130 Å². The number of nitrogens with zero attached hydrogens (tertiary/aromatic N) is 1. The predicted molar refractivity (Wildman–Crippen MR) is 87.8 cm³/mol. The van der Waals surface area contributed by atoms with Gasteiger partial charge in [0.1, 0.15) is 0 Å². The van der Waals surface area contributed by atoms with E-state index >= 15 is 0 Å². The lowest BCUT2D eigenvalue weighted by Crippen LogP contribution is -2.43. The van der Waals surface area contributed by atoms with Crippen molar-refractivity contribution in [2.75, 3.05) is 31.9 Å². The molecule has 1 unspecified atom stereocenters. The molecule has 0 radical (unpaired) electrons. The van der Waals surface area contributed by atoms with Crippen molar-refractivity contribution in [2.24, 2.45) is 11.8 Å². The molecule has 1 atom stereocenters. The predicted octanol–water partition coefficient (Wildman–Crippen LogP) is 2.61. The Morgan fingerprint density at radius 1 is 1.05 bits per heavy atom. The monoisotopic (exact) mass is 316 g/mol. The SMILES string of the molecule is CCCN(CC1CCCNC1)S(=O)(=O)CC1CCCCC1. The molecule has 1 N–H and O–H groups in total. The van der Waals surface area contributed by atoms with Crippen LogP contribution in [0.25, 0.3) is 0 Å². The van der Waals surface area contributed by atoms with Crippen molar-refractivity contribution >= 4 is 10.0 Å². The summed E-state index contributed by atoms with van der Waals surface area (Å²) in [4.78, 5) is 0. The standard InChI is InChI=1S/C16H32N2O2S/c1-2-11-18(13-16-9-6-10-17-12-16)21(19,20)14-15-7-4-3-5-8-15/h15-17H,2-14H2,1H3. The Morgan fingerprint density at radius 2 is 1.76 bits per heavy atom. The van der Waals surface area contributed by atoms with Crippen LogP contribution in [0.5, 0.6) is 0 Å². The molecule has 5 heteroatoms. The molecule has 2 rings (SSSR count). The van der Waals surface area contributed by atoms with Crippen molar-refractivity contribution in [1.82, 2.24) is 9.62 Å². The lowest BCUT2D eigenvalue weighted by Gasteiger charge is -2.31. The highest BCUT2D eigenvalue weighted by molar-refractivity contribution is 7.89. The van der Waals surface area contributed by atoms with Crippen LogP contribution < -0.4 is 5.32 Å². The first-order valence-electron chi connectivity index (χ1n) is 8.80. The highest BCUT2D eigenvalue weighted by atomic mass is 32.2. The van der Waals surface area contributed by atoms with Crippen molar-refractivity contribution < 1.29 is 8.42 Å². The van der Waals surface area contributed by atoms with Crippen LogP contribution in [0.4, 0.5) is 0 Å². The maximum Gasteiger partial charge on any atom is 0.214 e. The zero-order valence-corrected chi connectivity index (χ0v) is 14.3. The number of sulfonamides is 1.